The average molecular weight is 374 g/mol. The lowest BCUT2D eigenvalue weighted by atomic mass is 10.2. The lowest BCUT2D eigenvalue weighted by Gasteiger charge is -2.33. The van der Waals surface area contributed by atoms with Gasteiger partial charge < -0.3 is 23.7 Å². The Hall–Kier alpha value is -3.10. The number of hydrogen-bond acceptors (Lipinski definition) is 7. The molecule has 0 atom stereocenters. The highest BCUT2D eigenvalue weighted by atomic mass is 16.6. The molecule has 9 heteroatoms. The van der Waals surface area contributed by atoms with Crippen LogP contribution < -0.4 is 4.74 Å². The van der Waals surface area contributed by atoms with Crippen molar-refractivity contribution in [2.75, 3.05) is 39.4 Å². The van der Waals surface area contributed by atoms with Gasteiger partial charge in [0.05, 0.1) is 6.61 Å². The summed E-state index contributed by atoms with van der Waals surface area (Å²) in [7, 11) is 0. The van der Waals surface area contributed by atoms with Crippen LogP contribution in [0.1, 0.15) is 12.8 Å². The molecule has 1 aliphatic heterocycles. The predicted octanol–water partition coefficient (Wildman–Crippen LogP) is 1.72. The van der Waals surface area contributed by atoms with E-state index in [9.17, 15) is 9.59 Å². The van der Waals surface area contributed by atoms with Gasteiger partial charge in [-0.1, -0.05) is 0 Å². The monoisotopic (exact) mass is 374 g/mol. The van der Waals surface area contributed by atoms with E-state index < -0.39 is 0 Å². The smallest absolute Gasteiger partial charge is 0.409 e. The van der Waals surface area contributed by atoms with Crippen molar-refractivity contribution < 1.29 is 23.5 Å². The van der Waals surface area contributed by atoms with E-state index in [1.54, 1.807) is 47.9 Å². The van der Waals surface area contributed by atoms with Crippen molar-refractivity contribution in [3.05, 3.63) is 30.2 Å². The first kappa shape index (κ1) is 18.7. The van der Waals surface area contributed by atoms with Crippen molar-refractivity contribution in [1.82, 2.24) is 20.0 Å². The van der Waals surface area contributed by atoms with Crippen LogP contribution in [0.3, 0.4) is 0 Å². The molecular formula is C18H22N4O5. The maximum absolute atomic E-state index is 12.3. The summed E-state index contributed by atoms with van der Waals surface area (Å²) in [5.41, 5.74) is 0.782. The molecule has 2 aromatic rings. The second kappa shape index (κ2) is 8.52. The molecule has 1 aliphatic rings. The Kier molecular flexibility index (Phi) is 5.90. The molecule has 9 nitrogen and oxygen atoms in total. The third-order valence-electron chi connectivity index (χ3n) is 4.15. The third-order valence-corrected chi connectivity index (χ3v) is 4.15. The number of amides is 2. The molecule has 2 heterocycles. The Morgan fingerprint density at radius 2 is 1.74 bits per heavy atom. The SMILES string of the molecule is CCOC(=O)N1CCN(C(=O)COc2ccc(-c3nnc(C)o3)cc2)CC1. The Bertz CT molecular complexity index is 781. The van der Waals surface area contributed by atoms with Crippen LogP contribution >= 0.6 is 0 Å². The summed E-state index contributed by atoms with van der Waals surface area (Å²) in [5.74, 6) is 1.40. The van der Waals surface area contributed by atoms with Gasteiger partial charge in [-0.25, -0.2) is 4.79 Å². The van der Waals surface area contributed by atoms with E-state index in [1.807, 2.05) is 0 Å². The molecule has 0 aliphatic carbocycles. The van der Waals surface area contributed by atoms with Gasteiger partial charge in [0, 0.05) is 38.7 Å². The standard InChI is InChI=1S/C18H22N4O5/c1-3-25-18(24)22-10-8-21(9-11-22)16(23)12-26-15-6-4-14(5-7-15)17-20-19-13(2)27-17/h4-7H,3,8-12H2,1-2H3. The molecule has 2 amide bonds. The number of nitrogens with zero attached hydrogens (tertiary/aromatic N) is 4. The van der Waals surface area contributed by atoms with Gasteiger partial charge in [0.15, 0.2) is 6.61 Å². The first-order valence-corrected chi connectivity index (χ1v) is 8.79. The number of aryl methyl sites for hydroxylation is 1. The van der Waals surface area contributed by atoms with Crippen LogP contribution in [0, 0.1) is 6.92 Å². The lowest BCUT2D eigenvalue weighted by molar-refractivity contribution is -0.134. The molecule has 1 saturated heterocycles. The van der Waals surface area contributed by atoms with E-state index in [2.05, 4.69) is 10.2 Å². The van der Waals surface area contributed by atoms with Gasteiger partial charge in [0.25, 0.3) is 5.91 Å². The number of rotatable bonds is 5. The van der Waals surface area contributed by atoms with Crippen LogP contribution in [0.4, 0.5) is 4.79 Å². The van der Waals surface area contributed by atoms with Gasteiger partial charge in [-0.05, 0) is 31.2 Å². The van der Waals surface area contributed by atoms with Gasteiger partial charge in [-0.15, -0.1) is 10.2 Å². The van der Waals surface area contributed by atoms with Crippen LogP contribution in [0.15, 0.2) is 28.7 Å². The van der Waals surface area contributed by atoms with Gasteiger partial charge >= 0.3 is 6.09 Å². The lowest BCUT2D eigenvalue weighted by Crippen LogP contribution is -2.51. The molecule has 1 aromatic heterocycles. The largest absolute Gasteiger partial charge is 0.484 e. The summed E-state index contributed by atoms with van der Waals surface area (Å²) in [6.07, 6.45) is -0.336. The minimum absolute atomic E-state index is 0.0571. The van der Waals surface area contributed by atoms with Crippen molar-refractivity contribution in [3.63, 3.8) is 0 Å². The van der Waals surface area contributed by atoms with E-state index in [0.29, 0.717) is 50.3 Å². The van der Waals surface area contributed by atoms with E-state index >= 15 is 0 Å². The number of carbonyl (C=O) groups is 2. The van der Waals surface area contributed by atoms with Gasteiger partial charge in [-0.2, -0.15) is 0 Å². The molecule has 0 spiro atoms. The van der Waals surface area contributed by atoms with E-state index in [0.717, 1.165) is 5.56 Å². The summed E-state index contributed by atoms with van der Waals surface area (Å²) in [6.45, 7) is 5.64. The van der Waals surface area contributed by atoms with Gasteiger partial charge in [0.1, 0.15) is 5.75 Å². The highest BCUT2D eigenvalue weighted by Gasteiger charge is 2.24. The molecule has 0 radical (unpaired) electrons. The summed E-state index contributed by atoms with van der Waals surface area (Å²) in [6, 6.07) is 7.09. The normalized spacial score (nSPS) is 14.1. The van der Waals surface area contributed by atoms with Crippen LogP contribution in [0.25, 0.3) is 11.5 Å². The van der Waals surface area contributed by atoms with Crippen molar-refractivity contribution >= 4 is 12.0 Å². The Labute approximate surface area is 156 Å². The number of carbonyl (C=O) groups excluding carboxylic acids is 2. The van der Waals surface area contributed by atoms with Crippen LogP contribution in [-0.2, 0) is 9.53 Å². The highest BCUT2D eigenvalue weighted by Crippen LogP contribution is 2.21. The minimum Gasteiger partial charge on any atom is -0.484 e. The van der Waals surface area contributed by atoms with E-state index in [4.69, 9.17) is 13.9 Å². The zero-order valence-corrected chi connectivity index (χ0v) is 15.4. The Morgan fingerprint density at radius 1 is 1.07 bits per heavy atom. The maximum atomic E-state index is 12.3. The van der Waals surface area contributed by atoms with Crippen molar-refractivity contribution in [2.24, 2.45) is 0 Å². The molecule has 0 saturated carbocycles. The minimum atomic E-state index is -0.336. The first-order chi connectivity index (χ1) is 13.1. The van der Waals surface area contributed by atoms with Gasteiger partial charge in [-0.3, -0.25) is 4.79 Å². The summed E-state index contributed by atoms with van der Waals surface area (Å²) in [5, 5.41) is 7.75. The van der Waals surface area contributed by atoms with Crippen LogP contribution in [0.2, 0.25) is 0 Å². The number of piperazine rings is 1. The zero-order chi connectivity index (χ0) is 19.2. The number of ether oxygens (including phenoxy) is 2. The second-order valence-electron chi connectivity index (χ2n) is 6.01. The fraction of sp³-hybridized carbons (Fsp3) is 0.444. The second-order valence-corrected chi connectivity index (χ2v) is 6.01. The Balaban J connectivity index is 1.46. The summed E-state index contributed by atoms with van der Waals surface area (Å²) >= 11 is 0. The maximum Gasteiger partial charge on any atom is 0.409 e. The highest BCUT2D eigenvalue weighted by molar-refractivity contribution is 5.78. The molecule has 0 bridgehead atoms. The molecule has 144 valence electrons. The van der Waals surface area contributed by atoms with Gasteiger partial charge in [0.2, 0.25) is 11.8 Å². The number of hydrogen-bond donors (Lipinski definition) is 0. The molecule has 0 unspecified atom stereocenters. The summed E-state index contributed by atoms with van der Waals surface area (Å²) in [4.78, 5) is 27.3. The van der Waals surface area contributed by atoms with E-state index in [-0.39, 0.29) is 18.6 Å². The topological polar surface area (TPSA) is 98.0 Å². The third kappa shape index (κ3) is 4.75. The first-order valence-electron chi connectivity index (χ1n) is 8.79. The number of benzene rings is 1. The van der Waals surface area contributed by atoms with Crippen molar-refractivity contribution in [2.45, 2.75) is 13.8 Å². The fourth-order valence-corrected chi connectivity index (χ4v) is 2.70. The zero-order valence-electron chi connectivity index (χ0n) is 15.4. The van der Waals surface area contributed by atoms with Crippen molar-refractivity contribution in [3.8, 4) is 17.2 Å². The van der Waals surface area contributed by atoms with Crippen molar-refractivity contribution in [1.29, 1.82) is 0 Å². The summed E-state index contributed by atoms with van der Waals surface area (Å²) < 4.78 is 15.9. The quantitative estimate of drug-likeness (QED) is 0.786. The predicted molar refractivity (Wildman–Crippen MR) is 95.1 cm³/mol. The average Bonchev–Trinajstić information content (AvgIpc) is 3.13. The number of aromatic nitrogens is 2. The molecule has 1 fully saturated rings. The Morgan fingerprint density at radius 3 is 2.33 bits per heavy atom. The molecule has 27 heavy (non-hydrogen) atoms. The van der Waals surface area contributed by atoms with E-state index in [1.165, 1.54) is 0 Å². The van der Waals surface area contributed by atoms with Crippen LogP contribution in [-0.4, -0.2) is 71.4 Å². The van der Waals surface area contributed by atoms with Crippen LogP contribution in [0.5, 0.6) is 5.75 Å². The molecular weight excluding hydrogens is 352 g/mol. The molecule has 0 N–H and O–H groups in total. The fourth-order valence-electron chi connectivity index (χ4n) is 2.70. The molecule has 1 aromatic carbocycles. The molecule has 3 rings (SSSR count).